The minimum absolute atomic E-state index is 0.350. The Hall–Kier alpha value is -2.29. The summed E-state index contributed by atoms with van der Waals surface area (Å²) in [5.74, 6) is -0.358. The lowest BCUT2D eigenvalue weighted by Crippen LogP contribution is -2.29. The van der Waals surface area contributed by atoms with Gasteiger partial charge in [-0.2, -0.15) is 0 Å². The first kappa shape index (κ1) is 14.1. The van der Waals surface area contributed by atoms with Gasteiger partial charge in [0.1, 0.15) is 5.75 Å². The molecule has 2 aromatic carbocycles. The van der Waals surface area contributed by atoms with Crippen LogP contribution in [0.25, 0.3) is 0 Å². The van der Waals surface area contributed by atoms with E-state index in [1.807, 2.05) is 62.4 Å². The van der Waals surface area contributed by atoms with Gasteiger partial charge in [-0.15, -0.1) is 0 Å². The van der Waals surface area contributed by atoms with Crippen LogP contribution in [0.3, 0.4) is 0 Å². The summed E-state index contributed by atoms with van der Waals surface area (Å²) in [4.78, 5) is 11.3. The zero-order chi connectivity index (χ0) is 14.5. The highest BCUT2D eigenvalue weighted by atomic mass is 16.5. The van der Waals surface area contributed by atoms with Gasteiger partial charge in [-0.1, -0.05) is 36.4 Å². The van der Waals surface area contributed by atoms with Crippen LogP contribution in [0.1, 0.15) is 16.7 Å². The van der Waals surface area contributed by atoms with E-state index in [4.69, 9.17) is 4.74 Å². The molecule has 0 saturated heterocycles. The summed E-state index contributed by atoms with van der Waals surface area (Å²) < 4.78 is 5.62. The normalized spacial score (nSPS) is 11.9. The van der Waals surface area contributed by atoms with Gasteiger partial charge in [0.05, 0.1) is 0 Å². The van der Waals surface area contributed by atoms with Crippen molar-refractivity contribution in [1.82, 2.24) is 0 Å². The maximum absolute atomic E-state index is 11.3. The maximum atomic E-state index is 11.3. The number of carbonyl (C=O) groups is 1. The maximum Gasteiger partial charge on any atom is 0.345 e. The second-order valence-corrected chi connectivity index (χ2v) is 4.88. The molecule has 1 unspecified atom stereocenters. The van der Waals surface area contributed by atoms with Gasteiger partial charge >= 0.3 is 5.97 Å². The van der Waals surface area contributed by atoms with Crippen LogP contribution in [0.5, 0.6) is 5.75 Å². The van der Waals surface area contributed by atoms with Gasteiger partial charge in [0, 0.05) is 6.42 Å². The summed E-state index contributed by atoms with van der Waals surface area (Å²) >= 11 is 0. The van der Waals surface area contributed by atoms with E-state index in [1.54, 1.807) is 0 Å². The van der Waals surface area contributed by atoms with Crippen LogP contribution < -0.4 is 4.74 Å². The molecule has 0 spiro atoms. The standard InChI is InChI=1S/C17H18O3/c1-12-8-9-15(10-13(12)2)20-16(17(18)19)11-14-6-4-3-5-7-14/h3-10,16H,11H2,1-2H3,(H,18,19). The van der Waals surface area contributed by atoms with Crippen molar-refractivity contribution < 1.29 is 14.6 Å². The number of hydrogen-bond acceptors (Lipinski definition) is 2. The topological polar surface area (TPSA) is 46.5 Å². The van der Waals surface area contributed by atoms with Crippen molar-refractivity contribution in [3.63, 3.8) is 0 Å². The Bertz CT molecular complexity index is 590. The van der Waals surface area contributed by atoms with E-state index in [0.29, 0.717) is 12.2 Å². The summed E-state index contributed by atoms with van der Waals surface area (Å²) in [5.41, 5.74) is 3.20. The molecule has 104 valence electrons. The summed E-state index contributed by atoms with van der Waals surface area (Å²) in [7, 11) is 0. The first-order valence-corrected chi connectivity index (χ1v) is 6.57. The highest BCUT2D eigenvalue weighted by Gasteiger charge is 2.20. The molecule has 0 aliphatic carbocycles. The summed E-state index contributed by atoms with van der Waals surface area (Å²) in [5, 5.41) is 9.29. The number of rotatable bonds is 5. The van der Waals surface area contributed by atoms with Crippen molar-refractivity contribution >= 4 is 5.97 Å². The quantitative estimate of drug-likeness (QED) is 0.906. The third-order valence-corrected chi connectivity index (χ3v) is 3.30. The van der Waals surface area contributed by atoms with Gasteiger partial charge in [0.15, 0.2) is 6.10 Å². The molecule has 0 fully saturated rings. The Balaban J connectivity index is 2.13. The molecule has 1 atom stereocenters. The van der Waals surface area contributed by atoms with E-state index in [2.05, 4.69) is 0 Å². The molecule has 3 nitrogen and oxygen atoms in total. The van der Waals surface area contributed by atoms with E-state index in [-0.39, 0.29) is 0 Å². The van der Waals surface area contributed by atoms with Crippen molar-refractivity contribution in [3.8, 4) is 5.75 Å². The molecule has 1 N–H and O–H groups in total. The van der Waals surface area contributed by atoms with Crippen LogP contribution in [-0.2, 0) is 11.2 Å². The van der Waals surface area contributed by atoms with Crippen LogP contribution in [0.2, 0.25) is 0 Å². The van der Waals surface area contributed by atoms with Crippen LogP contribution in [0, 0.1) is 13.8 Å². The molecule has 0 amide bonds. The SMILES string of the molecule is Cc1ccc(OC(Cc2ccccc2)C(=O)O)cc1C. The van der Waals surface area contributed by atoms with Crippen LogP contribution in [0.4, 0.5) is 0 Å². The van der Waals surface area contributed by atoms with E-state index < -0.39 is 12.1 Å². The first-order chi connectivity index (χ1) is 9.56. The van der Waals surface area contributed by atoms with E-state index in [1.165, 1.54) is 0 Å². The van der Waals surface area contributed by atoms with Crippen molar-refractivity contribution in [3.05, 3.63) is 65.2 Å². The highest BCUT2D eigenvalue weighted by molar-refractivity contribution is 5.73. The first-order valence-electron chi connectivity index (χ1n) is 6.57. The zero-order valence-electron chi connectivity index (χ0n) is 11.7. The Morgan fingerprint density at radius 1 is 1.10 bits per heavy atom. The van der Waals surface area contributed by atoms with Crippen LogP contribution in [-0.4, -0.2) is 17.2 Å². The Kier molecular flexibility index (Phi) is 4.41. The van der Waals surface area contributed by atoms with E-state index in [9.17, 15) is 9.90 Å². The molecular weight excluding hydrogens is 252 g/mol. The Morgan fingerprint density at radius 3 is 2.40 bits per heavy atom. The number of aryl methyl sites for hydroxylation is 2. The van der Waals surface area contributed by atoms with Gasteiger partial charge in [-0.05, 0) is 42.7 Å². The van der Waals surface area contributed by atoms with Gasteiger partial charge in [-0.3, -0.25) is 0 Å². The number of carboxylic acids is 1. The zero-order valence-corrected chi connectivity index (χ0v) is 11.7. The second-order valence-electron chi connectivity index (χ2n) is 4.88. The van der Waals surface area contributed by atoms with Crippen molar-refractivity contribution in [1.29, 1.82) is 0 Å². The molecule has 0 heterocycles. The highest BCUT2D eigenvalue weighted by Crippen LogP contribution is 2.19. The molecule has 0 aromatic heterocycles. The molecule has 0 aliphatic heterocycles. The lowest BCUT2D eigenvalue weighted by molar-refractivity contribution is -0.145. The molecule has 2 aromatic rings. The van der Waals surface area contributed by atoms with Crippen molar-refractivity contribution in [2.75, 3.05) is 0 Å². The smallest absolute Gasteiger partial charge is 0.345 e. The minimum Gasteiger partial charge on any atom is -0.478 e. The lowest BCUT2D eigenvalue weighted by Gasteiger charge is -2.16. The molecule has 0 aliphatic rings. The Labute approximate surface area is 118 Å². The monoisotopic (exact) mass is 270 g/mol. The van der Waals surface area contributed by atoms with Gasteiger partial charge in [-0.25, -0.2) is 4.79 Å². The van der Waals surface area contributed by atoms with Crippen LogP contribution >= 0.6 is 0 Å². The number of hydrogen-bond donors (Lipinski definition) is 1. The molecule has 0 bridgehead atoms. The van der Waals surface area contributed by atoms with E-state index >= 15 is 0 Å². The second kappa shape index (κ2) is 6.24. The predicted molar refractivity (Wildman–Crippen MR) is 78.1 cm³/mol. The third-order valence-electron chi connectivity index (χ3n) is 3.30. The number of carboxylic acid groups (broad SMARTS) is 1. The average Bonchev–Trinajstić information content (AvgIpc) is 2.43. The largest absolute Gasteiger partial charge is 0.478 e. The lowest BCUT2D eigenvalue weighted by atomic mass is 10.1. The van der Waals surface area contributed by atoms with Crippen LogP contribution in [0.15, 0.2) is 48.5 Å². The number of aliphatic carboxylic acids is 1. The van der Waals surface area contributed by atoms with Crippen molar-refractivity contribution in [2.45, 2.75) is 26.4 Å². The van der Waals surface area contributed by atoms with Gasteiger partial charge in [0.2, 0.25) is 0 Å². The molecule has 2 rings (SSSR count). The fourth-order valence-electron chi connectivity index (χ4n) is 1.96. The molecule has 3 heteroatoms. The third kappa shape index (κ3) is 3.60. The predicted octanol–water partition coefficient (Wildman–Crippen LogP) is 3.38. The molecule has 0 saturated carbocycles. The minimum atomic E-state index is -0.952. The fraction of sp³-hybridized carbons (Fsp3) is 0.235. The average molecular weight is 270 g/mol. The summed E-state index contributed by atoms with van der Waals surface area (Å²) in [6.07, 6.45) is -0.525. The molecular formula is C17H18O3. The van der Waals surface area contributed by atoms with Crippen molar-refractivity contribution in [2.24, 2.45) is 0 Å². The number of benzene rings is 2. The van der Waals surface area contributed by atoms with E-state index in [0.717, 1.165) is 16.7 Å². The Morgan fingerprint density at radius 2 is 1.80 bits per heavy atom. The molecule has 0 radical (unpaired) electrons. The summed E-state index contributed by atoms with van der Waals surface area (Å²) in [6.45, 7) is 3.99. The van der Waals surface area contributed by atoms with Gasteiger partial charge in [0.25, 0.3) is 0 Å². The number of ether oxygens (including phenoxy) is 1. The summed E-state index contributed by atoms with van der Waals surface area (Å²) in [6, 6.07) is 15.1. The van der Waals surface area contributed by atoms with Gasteiger partial charge < -0.3 is 9.84 Å². The fourth-order valence-corrected chi connectivity index (χ4v) is 1.96. The molecule has 20 heavy (non-hydrogen) atoms.